The van der Waals surface area contributed by atoms with Crippen LogP contribution < -0.4 is 0 Å². The molecule has 2 heteroatoms. The van der Waals surface area contributed by atoms with E-state index in [1.54, 1.807) is 6.08 Å². The summed E-state index contributed by atoms with van der Waals surface area (Å²) in [5, 5.41) is 0. The predicted molar refractivity (Wildman–Crippen MR) is 43.8 cm³/mol. The van der Waals surface area contributed by atoms with E-state index in [4.69, 9.17) is 11.2 Å². The first-order valence-corrected chi connectivity index (χ1v) is 3.50. The molecule has 0 aromatic carbocycles. The molecule has 0 radical (unpaired) electrons. The number of terminal acetylenes is 1. The van der Waals surface area contributed by atoms with Crippen molar-refractivity contribution in [3.63, 3.8) is 0 Å². The van der Waals surface area contributed by atoms with Gasteiger partial charge in [-0.2, -0.15) is 0 Å². The van der Waals surface area contributed by atoms with E-state index in [2.05, 4.69) is 5.92 Å². The molecule has 1 atom stereocenters. The van der Waals surface area contributed by atoms with Crippen LogP contribution in [0.2, 0.25) is 0 Å². The van der Waals surface area contributed by atoms with E-state index in [1.807, 2.05) is 6.92 Å². The summed E-state index contributed by atoms with van der Waals surface area (Å²) in [6, 6.07) is 0. The number of allylic oxidation sites excluding steroid dienone is 1. The normalized spacial score (nSPS) is 12.5. The number of hydrogen-bond acceptors (Lipinski definition) is 2. The average Bonchev–Trinajstić information content (AvgIpc) is 1.97. The minimum Gasteiger partial charge on any atom is -0.458 e. The third kappa shape index (κ3) is 5.23. The predicted octanol–water partition coefficient (Wildman–Crippen LogP) is 1.52. The smallest absolute Gasteiger partial charge is 0.303 e. The van der Waals surface area contributed by atoms with Gasteiger partial charge >= 0.3 is 5.97 Å². The Bertz CT molecular complexity index is 186. The molecule has 0 rings (SSSR count). The molecule has 0 bridgehead atoms. The van der Waals surface area contributed by atoms with Crippen LogP contribution >= 0.6 is 0 Å². The van der Waals surface area contributed by atoms with Crippen molar-refractivity contribution in [3.8, 4) is 12.3 Å². The molecule has 0 saturated carbocycles. The van der Waals surface area contributed by atoms with Crippen LogP contribution in [0.1, 0.15) is 20.3 Å². The van der Waals surface area contributed by atoms with Crippen molar-refractivity contribution in [1.29, 1.82) is 0 Å². The van der Waals surface area contributed by atoms with Crippen LogP contribution in [-0.2, 0) is 9.53 Å². The zero-order valence-corrected chi connectivity index (χ0v) is 6.83. The molecule has 0 N–H and O–H groups in total. The second-order valence-electron chi connectivity index (χ2n) is 2.08. The van der Waals surface area contributed by atoms with Gasteiger partial charge < -0.3 is 4.74 Å². The van der Waals surface area contributed by atoms with Gasteiger partial charge in [0.2, 0.25) is 0 Å². The Kier molecular flexibility index (Phi) is 4.93. The molecule has 0 unspecified atom stereocenters. The van der Waals surface area contributed by atoms with Gasteiger partial charge in [-0.1, -0.05) is 12.8 Å². The van der Waals surface area contributed by atoms with Gasteiger partial charge in [-0.25, -0.2) is 0 Å². The maximum Gasteiger partial charge on any atom is 0.303 e. The molecular weight excluding hydrogens is 140 g/mol. The van der Waals surface area contributed by atoms with Gasteiger partial charge in [0.15, 0.2) is 0 Å². The van der Waals surface area contributed by atoms with Gasteiger partial charge in [-0.3, -0.25) is 4.79 Å². The topological polar surface area (TPSA) is 26.3 Å². The summed E-state index contributed by atoms with van der Waals surface area (Å²) in [7, 11) is 0. The van der Waals surface area contributed by atoms with Crippen LogP contribution in [0.25, 0.3) is 0 Å². The lowest BCUT2D eigenvalue weighted by Gasteiger charge is -2.08. The molecule has 11 heavy (non-hydrogen) atoms. The highest BCUT2D eigenvalue weighted by molar-refractivity contribution is 5.66. The van der Waals surface area contributed by atoms with E-state index >= 15 is 0 Å². The van der Waals surface area contributed by atoms with E-state index in [1.165, 1.54) is 13.0 Å². The Balaban J connectivity index is 3.88. The third-order valence-corrected chi connectivity index (χ3v) is 1.13. The van der Waals surface area contributed by atoms with E-state index in [-0.39, 0.29) is 12.1 Å². The standard InChI is InChI=1S/C9H12O2/c1-4-6-7-9(5-2)11-8(3)10/h1,6-7,9H,5H2,2-3H3/b7-6+/t9-/m0/s1. The number of carbonyl (C=O) groups is 1. The number of hydrogen-bond donors (Lipinski definition) is 0. The van der Waals surface area contributed by atoms with Crippen LogP contribution in [0.15, 0.2) is 12.2 Å². The number of esters is 1. The van der Waals surface area contributed by atoms with Gasteiger partial charge in [0.1, 0.15) is 6.10 Å². The molecule has 0 aromatic heterocycles. The molecule has 2 nitrogen and oxygen atoms in total. The summed E-state index contributed by atoms with van der Waals surface area (Å²) in [6.07, 6.45) is 8.79. The fourth-order valence-electron chi connectivity index (χ4n) is 0.635. The largest absolute Gasteiger partial charge is 0.458 e. The first kappa shape index (κ1) is 9.77. The number of ether oxygens (including phenoxy) is 1. The van der Waals surface area contributed by atoms with E-state index in [0.29, 0.717) is 0 Å². The number of carbonyl (C=O) groups excluding carboxylic acids is 1. The van der Waals surface area contributed by atoms with Crippen molar-refractivity contribution in [3.05, 3.63) is 12.2 Å². The van der Waals surface area contributed by atoms with Gasteiger partial charge in [0.25, 0.3) is 0 Å². The minimum atomic E-state index is -0.279. The summed E-state index contributed by atoms with van der Waals surface area (Å²) < 4.78 is 4.88. The maximum atomic E-state index is 10.5. The second-order valence-corrected chi connectivity index (χ2v) is 2.08. The lowest BCUT2D eigenvalue weighted by atomic mass is 10.2. The van der Waals surface area contributed by atoms with Crippen LogP contribution in [0.4, 0.5) is 0 Å². The molecule has 0 aromatic rings. The maximum absolute atomic E-state index is 10.5. The molecule has 0 aliphatic rings. The van der Waals surface area contributed by atoms with Crippen LogP contribution in [-0.4, -0.2) is 12.1 Å². The molecular formula is C9H12O2. The summed E-state index contributed by atoms with van der Waals surface area (Å²) >= 11 is 0. The summed E-state index contributed by atoms with van der Waals surface area (Å²) in [4.78, 5) is 10.5. The SMILES string of the molecule is C#C/C=C/[C@H](CC)OC(C)=O. The zero-order chi connectivity index (χ0) is 8.69. The van der Waals surface area contributed by atoms with Gasteiger partial charge in [0.05, 0.1) is 0 Å². The molecule has 0 heterocycles. The third-order valence-electron chi connectivity index (χ3n) is 1.13. The summed E-state index contributed by atoms with van der Waals surface area (Å²) in [5.41, 5.74) is 0. The Morgan fingerprint density at radius 2 is 2.45 bits per heavy atom. The molecule has 0 saturated heterocycles. The Morgan fingerprint density at radius 3 is 2.82 bits per heavy atom. The fourth-order valence-corrected chi connectivity index (χ4v) is 0.635. The average molecular weight is 152 g/mol. The summed E-state index contributed by atoms with van der Waals surface area (Å²) in [5.74, 6) is 2.05. The molecule has 0 fully saturated rings. The van der Waals surface area contributed by atoms with Crippen molar-refractivity contribution < 1.29 is 9.53 Å². The minimum absolute atomic E-state index is 0.177. The van der Waals surface area contributed by atoms with E-state index in [9.17, 15) is 4.79 Å². The Labute approximate surface area is 67.2 Å². The monoisotopic (exact) mass is 152 g/mol. The fraction of sp³-hybridized carbons (Fsp3) is 0.444. The number of rotatable bonds is 3. The van der Waals surface area contributed by atoms with E-state index < -0.39 is 0 Å². The van der Waals surface area contributed by atoms with Crippen LogP contribution in [0.5, 0.6) is 0 Å². The van der Waals surface area contributed by atoms with Gasteiger partial charge in [0, 0.05) is 6.92 Å². The first-order valence-electron chi connectivity index (χ1n) is 3.50. The van der Waals surface area contributed by atoms with Crippen molar-refractivity contribution >= 4 is 5.97 Å². The van der Waals surface area contributed by atoms with Crippen LogP contribution in [0.3, 0.4) is 0 Å². The van der Waals surface area contributed by atoms with E-state index in [0.717, 1.165) is 6.42 Å². The van der Waals surface area contributed by atoms with Crippen molar-refractivity contribution in [2.75, 3.05) is 0 Å². The second kappa shape index (κ2) is 5.55. The molecule has 60 valence electrons. The zero-order valence-electron chi connectivity index (χ0n) is 6.83. The lowest BCUT2D eigenvalue weighted by molar-refractivity contribution is -0.144. The summed E-state index contributed by atoms with van der Waals surface area (Å²) in [6.45, 7) is 3.31. The first-order chi connectivity index (χ1) is 5.20. The Morgan fingerprint density at radius 1 is 1.82 bits per heavy atom. The highest BCUT2D eigenvalue weighted by atomic mass is 16.5. The van der Waals surface area contributed by atoms with Crippen LogP contribution in [0, 0.1) is 12.3 Å². The lowest BCUT2D eigenvalue weighted by Crippen LogP contribution is -2.11. The van der Waals surface area contributed by atoms with Crippen molar-refractivity contribution in [2.45, 2.75) is 26.4 Å². The highest BCUT2D eigenvalue weighted by Crippen LogP contribution is 1.99. The van der Waals surface area contributed by atoms with Crippen molar-refractivity contribution in [1.82, 2.24) is 0 Å². The highest BCUT2D eigenvalue weighted by Gasteiger charge is 2.03. The molecule has 0 spiro atoms. The molecule has 0 aliphatic carbocycles. The van der Waals surface area contributed by atoms with Crippen molar-refractivity contribution in [2.24, 2.45) is 0 Å². The molecule has 0 aliphatic heterocycles. The quantitative estimate of drug-likeness (QED) is 0.452. The molecule has 0 amide bonds. The van der Waals surface area contributed by atoms with Gasteiger partial charge in [-0.15, -0.1) is 6.42 Å². The van der Waals surface area contributed by atoms with Gasteiger partial charge in [-0.05, 0) is 18.6 Å². The Hall–Kier alpha value is -1.23.